The molecule has 0 spiro atoms. The molecule has 2 aromatic rings. The summed E-state index contributed by atoms with van der Waals surface area (Å²) < 4.78 is 7.02. The summed E-state index contributed by atoms with van der Waals surface area (Å²) in [6, 6.07) is 7.33. The van der Waals surface area contributed by atoms with Crippen LogP contribution in [0.25, 0.3) is 0 Å². The largest absolute Gasteiger partial charge is 0.406 e. The summed E-state index contributed by atoms with van der Waals surface area (Å²) in [5.41, 5.74) is 1.55. The van der Waals surface area contributed by atoms with Crippen LogP contribution in [0.4, 0.5) is 17.3 Å². The maximum absolute atomic E-state index is 12.1. The summed E-state index contributed by atoms with van der Waals surface area (Å²) in [5.74, 6) is 0.552. The monoisotopic (exact) mass is 359 g/mol. The second-order valence-corrected chi connectivity index (χ2v) is 6.19. The molecule has 1 aliphatic heterocycles. The van der Waals surface area contributed by atoms with Gasteiger partial charge in [-0.1, -0.05) is 12.1 Å². The number of aryl methyl sites for hydroxylation is 1. The standard InChI is InChI=1S/C17H21N5O4/c1-11-19-16(22(24)25)15(21(11)2)18-10-12-5-3-6-13(9-12)20-17(23)14-7-4-8-26-14/h3,5-6,9,14,18H,4,7-8,10H2,1-2H3,(H,20,23). The normalized spacial score (nSPS) is 16.5. The van der Waals surface area contributed by atoms with Gasteiger partial charge in [0.15, 0.2) is 0 Å². The van der Waals surface area contributed by atoms with Gasteiger partial charge in [0.25, 0.3) is 5.91 Å². The van der Waals surface area contributed by atoms with Gasteiger partial charge in [-0.25, -0.2) is 0 Å². The molecule has 26 heavy (non-hydrogen) atoms. The molecular weight excluding hydrogens is 338 g/mol. The number of carbonyl (C=O) groups is 1. The van der Waals surface area contributed by atoms with Gasteiger partial charge >= 0.3 is 5.82 Å². The second kappa shape index (κ2) is 7.52. The number of imidazole rings is 1. The Kier molecular flexibility index (Phi) is 5.17. The number of aromatic nitrogens is 2. The number of amides is 1. The molecule has 9 heteroatoms. The predicted octanol–water partition coefficient (Wildman–Crippen LogP) is 2.37. The smallest absolute Gasteiger partial charge is 0.368 e. The van der Waals surface area contributed by atoms with Gasteiger partial charge in [0.05, 0.1) is 0 Å². The summed E-state index contributed by atoms with van der Waals surface area (Å²) in [5, 5.41) is 17.0. The van der Waals surface area contributed by atoms with Gasteiger partial charge in [-0.15, -0.1) is 0 Å². The van der Waals surface area contributed by atoms with Crippen LogP contribution in [0.15, 0.2) is 24.3 Å². The third-order valence-electron chi connectivity index (χ3n) is 4.35. The van der Waals surface area contributed by atoms with Crippen molar-refractivity contribution in [1.82, 2.24) is 9.55 Å². The highest BCUT2D eigenvalue weighted by Gasteiger charge is 2.24. The van der Waals surface area contributed by atoms with Crippen molar-refractivity contribution in [2.45, 2.75) is 32.4 Å². The molecule has 0 bridgehead atoms. The highest BCUT2D eigenvalue weighted by atomic mass is 16.6. The zero-order chi connectivity index (χ0) is 18.7. The minimum atomic E-state index is -0.506. The molecule has 1 amide bonds. The predicted molar refractivity (Wildman–Crippen MR) is 96.0 cm³/mol. The fourth-order valence-electron chi connectivity index (χ4n) is 2.87. The fourth-order valence-corrected chi connectivity index (χ4v) is 2.87. The number of ether oxygens (including phenoxy) is 1. The lowest BCUT2D eigenvalue weighted by molar-refractivity contribution is -0.388. The molecule has 2 heterocycles. The number of anilines is 2. The van der Waals surface area contributed by atoms with E-state index in [0.29, 0.717) is 30.5 Å². The van der Waals surface area contributed by atoms with Gasteiger partial charge < -0.3 is 25.5 Å². The molecule has 1 aliphatic rings. The van der Waals surface area contributed by atoms with E-state index >= 15 is 0 Å². The molecule has 2 N–H and O–H groups in total. The van der Waals surface area contributed by atoms with E-state index in [2.05, 4.69) is 15.6 Å². The zero-order valence-electron chi connectivity index (χ0n) is 14.7. The zero-order valence-corrected chi connectivity index (χ0v) is 14.7. The van der Waals surface area contributed by atoms with Crippen molar-refractivity contribution in [1.29, 1.82) is 0 Å². The Morgan fingerprint density at radius 2 is 2.31 bits per heavy atom. The Bertz CT molecular complexity index is 827. The lowest BCUT2D eigenvalue weighted by Gasteiger charge is -2.12. The lowest BCUT2D eigenvalue weighted by atomic mass is 10.2. The number of nitro groups is 1. The summed E-state index contributed by atoms with van der Waals surface area (Å²) >= 11 is 0. The van der Waals surface area contributed by atoms with Crippen LogP contribution in [-0.4, -0.2) is 33.1 Å². The van der Waals surface area contributed by atoms with Gasteiger partial charge in [0.1, 0.15) is 6.10 Å². The molecule has 1 fully saturated rings. The number of nitrogens with one attached hydrogen (secondary N) is 2. The van der Waals surface area contributed by atoms with Gasteiger partial charge in [-0.2, -0.15) is 0 Å². The Hall–Kier alpha value is -2.94. The SMILES string of the molecule is Cc1nc([N+](=O)[O-])c(NCc2cccc(NC(=O)C3CCCO3)c2)n1C. The van der Waals surface area contributed by atoms with Crippen LogP contribution < -0.4 is 10.6 Å². The number of nitrogens with zero attached hydrogens (tertiary/aromatic N) is 3. The van der Waals surface area contributed by atoms with E-state index in [0.717, 1.165) is 18.4 Å². The van der Waals surface area contributed by atoms with E-state index in [4.69, 9.17) is 4.74 Å². The molecule has 3 rings (SSSR count). The molecule has 1 saturated heterocycles. The van der Waals surface area contributed by atoms with Gasteiger partial charge in [-0.3, -0.25) is 9.36 Å². The summed E-state index contributed by atoms with van der Waals surface area (Å²) in [6.45, 7) is 2.69. The van der Waals surface area contributed by atoms with E-state index in [1.54, 1.807) is 24.6 Å². The third kappa shape index (κ3) is 3.83. The van der Waals surface area contributed by atoms with Crippen LogP contribution in [0.2, 0.25) is 0 Å². The number of rotatable bonds is 6. The van der Waals surface area contributed by atoms with Crippen LogP contribution in [0.5, 0.6) is 0 Å². The average molecular weight is 359 g/mol. The van der Waals surface area contributed by atoms with Crippen LogP contribution in [0.3, 0.4) is 0 Å². The molecule has 0 saturated carbocycles. The Labute approximate surface area is 150 Å². The minimum Gasteiger partial charge on any atom is -0.368 e. The van der Waals surface area contributed by atoms with E-state index in [1.807, 2.05) is 18.2 Å². The first-order valence-electron chi connectivity index (χ1n) is 8.38. The number of hydrogen-bond donors (Lipinski definition) is 2. The lowest BCUT2D eigenvalue weighted by Crippen LogP contribution is -2.26. The molecule has 1 aromatic carbocycles. The van der Waals surface area contributed by atoms with Crippen LogP contribution >= 0.6 is 0 Å². The Balaban J connectivity index is 1.68. The van der Waals surface area contributed by atoms with Crippen molar-refractivity contribution in [2.24, 2.45) is 7.05 Å². The van der Waals surface area contributed by atoms with E-state index < -0.39 is 11.0 Å². The van der Waals surface area contributed by atoms with Crippen LogP contribution in [0, 0.1) is 17.0 Å². The van der Waals surface area contributed by atoms with Crippen molar-refractivity contribution in [3.05, 3.63) is 45.8 Å². The molecule has 9 nitrogen and oxygen atoms in total. The van der Waals surface area contributed by atoms with E-state index in [9.17, 15) is 14.9 Å². The molecule has 1 unspecified atom stereocenters. The highest BCUT2D eigenvalue weighted by molar-refractivity contribution is 5.94. The van der Waals surface area contributed by atoms with Crippen molar-refractivity contribution in [3.8, 4) is 0 Å². The fraction of sp³-hybridized carbons (Fsp3) is 0.412. The third-order valence-corrected chi connectivity index (χ3v) is 4.35. The van der Waals surface area contributed by atoms with Crippen molar-refractivity contribution < 1.29 is 14.5 Å². The average Bonchev–Trinajstić information content (AvgIpc) is 3.23. The second-order valence-electron chi connectivity index (χ2n) is 6.19. The molecule has 0 radical (unpaired) electrons. The van der Waals surface area contributed by atoms with Gasteiger partial charge in [0.2, 0.25) is 11.6 Å². The molecular formula is C17H21N5O4. The summed E-state index contributed by atoms with van der Waals surface area (Å²) in [7, 11) is 1.72. The van der Waals surface area contributed by atoms with E-state index in [-0.39, 0.29) is 11.7 Å². The highest BCUT2D eigenvalue weighted by Crippen LogP contribution is 2.24. The van der Waals surface area contributed by atoms with E-state index in [1.165, 1.54) is 0 Å². The molecule has 1 aromatic heterocycles. The number of carbonyl (C=O) groups excluding carboxylic acids is 1. The first-order valence-corrected chi connectivity index (χ1v) is 8.38. The number of hydrogen-bond acceptors (Lipinski definition) is 6. The van der Waals surface area contributed by atoms with Crippen molar-refractivity contribution in [2.75, 3.05) is 17.2 Å². The molecule has 0 aliphatic carbocycles. The summed E-state index contributed by atoms with van der Waals surface area (Å²) in [4.78, 5) is 26.7. The maximum Gasteiger partial charge on any atom is 0.406 e. The molecule has 138 valence electrons. The maximum atomic E-state index is 12.1. The summed E-state index contributed by atoms with van der Waals surface area (Å²) in [6.07, 6.45) is 1.23. The van der Waals surface area contributed by atoms with Crippen molar-refractivity contribution >= 4 is 23.2 Å². The Morgan fingerprint density at radius 3 is 3.00 bits per heavy atom. The molecule has 1 atom stereocenters. The van der Waals surface area contributed by atoms with Gasteiger partial charge in [-0.05, 0) is 40.4 Å². The first kappa shape index (κ1) is 17.9. The van der Waals surface area contributed by atoms with Crippen molar-refractivity contribution in [3.63, 3.8) is 0 Å². The van der Waals surface area contributed by atoms with Crippen LogP contribution in [0.1, 0.15) is 24.2 Å². The van der Waals surface area contributed by atoms with Crippen LogP contribution in [-0.2, 0) is 23.1 Å². The van der Waals surface area contributed by atoms with Gasteiger partial charge in [0, 0.05) is 32.8 Å². The Morgan fingerprint density at radius 1 is 1.50 bits per heavy atom. The number of benzene rings is 1. The topological polar surface area (TPSA) is 111 Å². The first-order chi connectivity index (χ1) is 12.5. The quantitative estimate of drug-likeness (QED) is 0.605. The minimum absolute atomic E-state index is 0.148.